The molecule has 1 fully saturated rings. The van der Waals surface area contributed by atoms with Crippen LogP contribution < -0.4 is 19.1 Å². The minimum absolute atomic E-state index is 0.0162. The molecule has 0 saturated carbocycles. The summed E-state index contributed by atoms with van der Waals surface area (Å²) in [7, 11) is 4.62. The zero-order valence-electron chi connectivity index (χ0n) is 17.6. The zero-order valence-corrected chi connectivity index (χ0v) is 18.4. The van der Waals surface area contributed by atoms with Crippen molar-refractivity contribution >= 4 is 23.2 Å². The van der Waals surface area contributed by atoms with E-state index in [1.165, 1.54) is 7.11 Å². The van der Waals surface area contributed by atoms with E-state index in [2.05, 4.69) is 10.1 Å². The maximum Gasteiger partial charge on any atom is 0.232 e. The van der Waals surface area contributed by atoms with Gasteiger partial charge < -0.3 is 23.6 Å². The molecular weight excluding hydrogens is 422 g/mol. The maximum atomic E-state index is 12.6. The van der Waals surface area contributed by atoms with Gasteiger partial charge in [0.15, 0.2) is 11.5 Å². The Balaban J connectivity index is 1.59. The molecule has 4 rings (SSSR count). The number of aryl methyl sites for hydroxylation is 1. The number of halogens is 1. The number of carbonyl (C=O) groups excluding carboxylic acids is 1. The van der Waals surface area contributed by atoms with Crippen LogP contribution in [0, 0.1) is 6.92 Å². The van der Waals surface area contributed by atoms with Gasteiger partial charge in [-0.3, -0.25) is 4.79 Å². The number of rotatable bonds is 6. The number of methoxy groups -OCH3 is 3. The largest absolute Gasteiger partial charge is 0.493 e. The molecule has 3 aromatic rings. The van der Waals surface area contributed by atoms with Crippen molar-refractivity contribution in [3.05, 3.63) is 46.8 Å². The topological polar surface area (TPSA) is 86.9 Å². The van der Waals surface area contributed by atoms with Gasteiger partial charge >= 0.3 is 0 Å². The summed E-state index contributed by atoms with van der Waals surface area (Å²) in [4.78, 5) is 18.8. The minimum atomic E-state index is -0.212. The van der Waals surface area contributed by atoms with Crippen molar-refractivity contribution in [1.29, 1.82) is 0 Å². The fourth-order valence-corrected chi connectivity index (χ4v) is 3.78. The molecular formula is C22H22ClN3O5. The number of carbonyl (C=O) groups is 1. The van der Waals surface area contributed by atoms with Crippen molar-refractivity contribution < 1.29 is 23.5 Å². The van der Waals surface area contributed by atoms with E-state index in [4.69, 9.17) is 30.3 Å². The van der Waals surface area contributed by atoms with Gasteiger partial charge in [0.05, 0.1) is 27.2 Å². The predicted molar refractivity (Wildman–Crippen MR) is 115 cm³/mol. The molecule has 1 aromatic heterocycles. The van der Waals surface area contributed by atoms with E-state index in [1.807, 2.05) is 19.1 Å². The maximum absolute atomic E-state index is 12.6. The van der Waals surface area contributed by atoms with Crippen LogP contribution >= 0.6 is 11.6 Å². The Labute approximate surface area is 184 Å². The fraction of sp³-hybridized carbons (Fsp3) is 0.318. The number of aromatic nitrogens is 2. The summed E-state index contributed by atoms with van der Waals surface area (Å²) in [6.45, 7) is 2.36. The van der Waals surface area contributed by atoms with Gasteiger partial charge in [0.25, 0.3) is 0 Å². The van der Waals surface area contributed by atoms with Gasteiger partial charge in [0, 0.05) is 29.2 Å². The molecule has 1 atom stereocenters. The Morgan fingerprint density at radius 1 is 1.10 bits per heavy atom. The number of nitrogens with zero attached hydrogens (tertiary/aromatic N) is 3. The van der Waals surface area contributed by atoms with E-state index < -0.39 is 0 Å². The van der Waals surface area contributed by atoms with Gasteiger partial charge in [0.2, 0.25) is 23.4 Å². The average Bonchev–Trinajstić information content (AvgIpc) is 3.41. The summed E-state index contributed by atoms with van der Waals surface area (Å²) in [5, 5.41) is 4.72. The smallest absolute Gasteiger partial charge is 0.232 e. The lowest BCUT2D eigenvalue weighted by molar-refractivity contribution is -0.117. The summed E-state index contributed by atoms with van der Waals surface area (Å²) >= 11 is 6.23. The number of hydrogen-bond donors (Lipinski definition) is 0. The van der Waals surface area contributed by atoms with E-state index in [9.17, 15) is 4.79 Å². The first-order valence-corrected chi connectivity index (χ1v) is 10.0. The van der Waals surface area contributed by atoms with Crippen molar-refractivity contribution in [2.45, 2.75) is 19.3 Å². The molecule has 2 heterocycles. The lowest BCUT2D eigenvalue weighted by Crippen LogP contribution is -2.24. The van der Waals surface area contributed by atoms with Crippen molar-refractivity contribution in [3.8, 4) is 28.6 Å². The van der Waals surface area contributed by atoms with E-state index in [0.29, 0.717) is 46.1 Å². The molecule has 0 radical (unpaired) electrons. The fourth-order valence-electron chi connectivity index (χ4n) is 3.60. The van der Waals surface area contributed by atoms with Crippen LogP contribution in [-0.2, 0) is 4.79 Å². The van der Waals surface area contributed by atoms with Crippen LogP contribution in [0.1, 0.15) is 23.8 Å². The van der Waals surface area contributed by atoms with Crippen LogP contribution in [0.3, 0.4) is 0 Å². The summed E-state index contributed by atoms with van der Waals surface area (Å²) in [6, 6.07) is 9.07. The number of hydrogen-bond acceptors (Lipinski definition) is 7. The number of anilines is 1. The molecule has 0 spiro atoms. The average molecular weight is 444 g/mol. The highest BCUT2D eigenvalue weighted by atomic mass is 35.5. The number of ether oxygens (including phenoxy) is 3. The molecule has 0 bridgehead atoms. The van der Waals surface area contributed by atoms with Gasteiger partial charge in [-0.1, -0.05) is 22.8 Å². The first-order valence-electron chi connectivity index (χ1n) is 9.65. The standard InChI is InChI=1S/C22H22ClN3O5/c1-12-5-6-15(10-16(12)23)26-11-14(9-19(26)27)22-24-21(25-31-22)13-7-17(28-2)20(30-4)18(8-13)29-3/h5-8,10,14H,9,11H2,1-4H3. The third-order valence-electron chi connectivity index (χ3n) is 5.31. The molecule has 1 unspecified atom stereocenters. The van der Waals surface area contributed by atoms with E-state index >= 15 is 0 Å². The van der Waals surface area contributed by atoms with Gasteiger partial charge in [-0.15, -0.1) is 0 Å². The molecule has 8 nitrogen and oxygen atoms in total. The molecule has 1 aliphatic heterocycles. The monoisotopic (exact) mass is 443 g/mol. The predicted octanol–water partition coefficient (Wildman–Crippen LogP) is 4.24. The number of benzene rings is 2. The summed E-state index contributed by atoms with van der Waals surface area (Å²) in [6.07, 6.45) is 0.280. The van der Waals surface area contributed by atoms with E-state index in [-0.39, 0.29) is 18.2 Å². The first-order chi connectivity index (χ1) is 14.9. The summed E-state index contributed by atoms with van der Waals surface area (Å²) < 4.78 is 21.6. The molecule has 31 heavy (non-hydrogen) atoms. The summed E-state index contributed by atoms with van der Waals surface area (Å²) in [5.41, 5.74) is 2.36. The summed E-state index contributed by atoms with van der Waals surface area (Å²) in [5.74, 6) is 2.00. The van der Waals surface area contributed by atoms with Gasteiger partial charge in [-0.05, 0) is 36.8 Å². The number of amides is 1. The van der Waals surface area contributed by atoms with Crippen LogP contribution in [0.25, 0.3) is 11.4 Å². The minimum Gasteiger partial charge on any atom is -0.493 e. The quantitative estimate of drug-likeness (QED) is 0.563. The Morgan fingerprint density at radius 3 is 2.42 bits per heavy atom. The van der Waals surface area contributed by atoms with E-state index in [0.717, 1.165) is 11.3 Å². The second kappa shape index (κ2) is 8.47. The third-order valence-corrected chi connectivity index (χ3v) is 5.71. The highest BCUT2D eigenvalue weighted by Crippen LogP contribution is 2.41. The normalized spacial score (nSPS) is 16.0. The van der Waals surface area contributed by atoms with Crippen LogP contribution in [0.5, 0.6) is 17.2 Å². The Kier molecular flexibility index (Phi) is 5.73. The van der Waals surface area contributed by atoms with Crippen LogP contribution in [0.4, 0.5) is 5.69 Å². The molecule has 2 aromatic carbocycles. The van der Waals surface area contributed by atoms with Crippen molar-refractivity contribution in [2.75, 3.05) is 32.8 Å². The van der Waals surface area contributed by atoms with Crippen LogP contribution in [-0.4, -0.2) is 43.9 Å². The van der Waals surface area contributed by atoms with Gasteiger partial charge in [-0.2, -0.15) is 4.98 Å². The molecule has 1 amide bonds. The molecule has 1 aliphatic rings. The lowest BCUT2D eigenvalue weighted by atomic mass is 10.1. The second-order valence-electron chi connectivity index (χ2n) is 7.21. The van der Waals surface area contributed by atoms with Gasteiger partial charge in [0.1, 0.15) is 0 Å². The SMILES string of the molecule is COc1cc(-c2noc(C3CC(=O)N(c4ccc(C)c(Cl)c4)C3)n2)cc(OC)c1OC. The van der Waals surface area contributed by atoms with Crippen molar-refractivity contribution in [1.82, 2.24) is 10.1 Å². The van der Waals surface area contributed by atoms with Gasteiger partial charge in [-0.25, -0.2) is 0 Å². The highest BCUT2D eigenvalue weighted by molar-refractivity contribution is 6.31. The molecule has 162 valence electrons. The van der Waals surface area contributed by atoms with Crippen molar-refractivity contribution in [2.24, 2.45) is 0 Å². The van der Waals surface area contributed by atoms with Crippen LogP contribution in [0.2, 0.25) is 5.02 Å². The molecule has 9 heteroatoms. The van der Waals surface area contributed by atoms with Crippen LogP contribution in [0.15, 0.2) is 34.9 Å². The second-order valence-corrected chi connectivity index (χ2v) is 7.62. The Bertz CT molecular complexity index is 1110. The third kappa shape index (κ3) is 3.90. The molecule has 1 saturated heterocycles. The molecule has 0 aliphatic carbocycles. The van der Waals surface area contributed by atoms with Crippen molar-refractivity contribution in [3.63, 3.8) is 0 Å². The first kappa shape index (κ1) is 21.0. The Morgan fingerprint density at radius 2 is 1.81 bits per heavy atom. The molecule has 0 N–H and O–H groups in total. The Hall–Kier alpha value is -3.26. The zero-order chi connectivity index (χ0) is 22.1. The lowest BCUT2D eigenvalue weighted by Gasteiger charge is -2.17. The highest BCUT2D eigenvalue weighted by Gasteiger charge is 2.35. The van der Waals surface area contributed by atoms with E-state index in [1.54, 1.807) is 37.3 Å².